The Bertz CT molecular complexity index is 455. The van der Waals surface area contributed by atoms with Gasteiger partial charge in [-0.25, -0.2) is 4.79 Å². The standard InChI is InChI=1S/C12H17NO4/c1-3-5-7-8(12(16)17)6(4-2)10(14)9(13)11(7)15/h14-15H,3-5,13H2,1-2H3,(H,16,17). The normalized spacial score (nSPS) is 10.5. The highest BCUT2D eigenvalue weighted by Gasteiger charge is 2.24. The summed E-state index contributed by atoms with van der Waals surface area (Å²) < 4.78 is 0. The molecule has 0 saturated carbocycles. The van der Waals surface area contributed by atoms with Gasteiger partial charge in [-0.2, -0.15) is 0 Å². The average Bonchev–Trinajstić information content (AvgIpc) is 2.29. The van der Waals surface area contributed by atoms with Gasteiger partial charge in [-0.3, -0.25) is 0 Å². The van der Waals surface area contributed by atoms with Gasteiger partial charge in [-0.1, -0.05) is 20.3 Å². The fourth-order valence-electron chi connectivity index (χ4n) is 1.95. The van der Waals surface area contributed by atoms with Crippen LogP contribution in [0.15, 0.2) is 0 Å². The minimum atomic E-state index is -1.16. The topological polar surface area (TPSA) is 104 Å². The number of carboxylic acids is 1. The highest BCUT2D eigenvalue weighted by atomic mass is 16.4. The molecular formula is C12H17NO4. The summed E-state index contributed by atoms with van der Waals surface area (Å²) in [7, 11) is 0. The number of benzene rings is 1. The van der Waals surface area contributed by atoms with Gasteiger partial charge in [0, 0.05) is 11.1 Å². The number of carbonyl (C=O) groups is 1. The summed E-state index contributed by atoms with van der Waals surface area (Å²) in [5, 5.41) is 28.7. The fraction of sp³-hybridized carbons (Fsp3) is 0.417. The molecule has 1 rings (SSSR count). The SMILES string of the molecule is CCCc1c(O)c(N)c(O)c(CC)c1C(=O)O. The molecule has 0 bridgehead atoms. The lowest BCUT2D eigenvalue weighted by Gasteiger charge is -2.16. The molecule has 0 saturated heterocycles. The number of anilines is 1. The Morgan fingerprint density at radius 2 is 1.71 bits per heavy atom. The maximum atomic E-state index is 11.2. The number of nitrogens with two attached hydrogens (primary N) is 1. The predicted molar refractivity (Wildman–Crippen MR) is 64.5 cm³/mol. The van der Waals surface area contributed by atoms with Crippen LogP contribution in [-0.4, -0.2) is 21.3 Å². The Labute approximate surface area is 99.5 Å². The maximum Gasteiger partial charge on any atom is 0.336 e. The lowest BCUT2D eigenvalue weighted by molar-refractivity contribution is 0.0693. The highest BCUT2D eigenvalue weighted by molar-refractivity contribution is 5.95. The molecular weight excluding hydrogens is 222 g/mol. The van der Waals surface area contributed by atoms with Crippen LogP contribution in [0.3, 0.4) is 0 Å². The van der Waals surface area contributed by atoms with E-state index in [4.69, 9.17) is 5.73 Å². The molecule has 0 spiro atoms. The van der Waals surface area contributed by atoms with Crippen molar-refractivity contribution >= 4 is 11.7 Å². The number of hydrogen-bond acceptors (Lipinski definition) is 4. The smallest absolute Gasteiger partial charge is 0.336 e. The quantitative estimate of drug-likeness (QED) is 0.474. The molecule has 5 heteroatoms. The van der Waals surface area contributed by atoms with Gasteiger partial charge in [0.25, 0.3) is 0 Å². The van der Waals surface area contributed by atoms with Crippen LogP contribution in [0.5, 0.6) is 11.5 Å². The number of phenols is 2. The fourth-order valence-corrected chi connectivity index (χ4v) is 1.95. The molecule has 0 unspecified atom stereocenters. The Hall–Kier alpha value is -1.91. The molecule has 0 aliphatic rings. The van der Waals surface area contributed by atoms with E-state index >= 15 is 0 Å². The van der Waals surface area contributed by atoms with Gasteiger partial charge in [0.15, 0.2) is 0 Å². The molecule has 1 aromatic carbocycles. The zero-order valence-electron chi connectivity index (χ0n) is 9.95. The van der Waals surface area contributed by atoms with Crippen molar-refractivity contribution in [2.45, 2.75) is 33.1 Å². The van der Waals surface area contributed by atoms with Crippen molar-refractivity contribution < 1.29 is 20.1 Å². The number of nitrogen functional groups attached to an aromatic ring is 1. The summed E-state index contributed by atoms with van der Waals surface area (Å²) in [6, 6.07) is 0. The molecule has 1 aromatic rings. The molecule has 5 nitrogen and oxygen atoms in total. The highest BCUT2D eigenvalue weighted by Crippen LogP contribution is 2.40. The van der Waals surface area contributed by atoms with Crippen molar-refractivity contribution in [1.29, 1.82) is 0 Å². The van der Waals surface area contributed by atoms with Crippen LogP contribution in [-0.2, 0) is 12.8 Å². The molecule has 0 amide bonds. The maximum absolute atomic E-state index is 11.2. The Morgan fingerprint density at radius 3 is 2.12 bits per heavy atom. The lowest BCUT2D eigenvalue weighted by Crippen LogP contribution is -2.09. The Morgan fingerprint density at radius 1 is 1.18 bits per heavy atom. The number of aromatic hydroxyl groups is 2. The minimum absolute atomic E-state index is 0.0291. The molecule has 5 N–H and O–H groups in total. The summed E-state index contributed by atoms with van der Waals surface area (Å²) in [5.41, 5.74) is 5.97. The molecule has 0 aromatic heterocycles. The second kappa shape index (κ2) is 4.95. The zero-order valence-corrected chi connectivity index (χ0v) is 9.95. The Balaban J connectivity index is 3.66. The number of aromatic carboxylic acids is 1. The minimum Gasteiger partial charge on any atom is -0.505 e. The van der Waals surface area contributed by atoms with E-state index in [-0.39, 0.29) is 28.3 Å². The lowest BCUT2D eigenvalue weighted by atomic mass is 9.93. The van der Waals surface area contributed by atoms with Gasteiger partial charge in [0.05, 0.1) is 5.56 Å². The first-order chi connectivity index (χ1) is 7.95. The number of phenolic OH excluding ortho intramolecular Hbond substituents is 2. The summed E-state index contributed by atoms with van der Waals surface area (Å²) in [4.78, 5) is 11.2. The summed E-state index contributed by atoms with van der Waals surface area (Å²) >= 11 is 0. The summed E-state index contributed by atoms with van der Waals surface area (Å²) in [6.07, 6.45) is 1.43. The van der Waals surface area contributed by atoms with Crippen LogP contribution in [0.1, 0.15) is 41.8 Å². The van der Waals surface area contributed by atoms with Crippen molar-refractivity contribution in [2.24, 2.45) is 0 Å². The van der Waals surface area contributed by atoms with Crippen LogP contribution in [0.25, 0.3) is 0 Å². The third-order valence-electron chi connectivity index (χ3n) is 2.75. The van der Waals surface area contributed by atoms with Gasteiger partial charge >= 0.3 is 5.97 Å². The van der Waals surface area contributed by atoms with Crippen LogP contribution in [0.2, 0.25) is 0 Å². The Kier molecular flexibility index (Phi) is 3.83. The molecule has 0 aliphatic heterocycles. The van der Waals surface area contributed by atoms with Gasteiger partial charge in [0.2, 0.25) is 0 Å². The number of hydrogen-bond donors (Lipinski definition) is 4. The van der Waals surface area contributed by atoms with E-state index in [1.165, 1.54) is 0 Å². The van der Waals surface area contributed by atoms with Gasteiger partial charge in [-0.05, 0) is 12.8 Å². The van der Waals surface area contributed by atoms with E-state index in [0.29, 0.717) is 24.8 Å². The van der Waals surface area contributed by atoms with E-state index < -0.39 is 5.97 Å². The van der Waals surface area contributed by atoms with E-state index in [9.17, 15) is 20.1 Å². The van der Waals surface area contributed by atoms with E-state index in [1.807, 2.05) is 6.92 Å². The first kappa shape index (κ1) is 13.2. The van der Waals surface area contributed by atoms with Crippen molar-refractivity contribution in [2.75, 3.05) is 5.73 Å². The number of carboxylic acid groups (broad SMARTS) is 1. The molecule has 0 fully saturated rings. The van der Waals surface area contributed by atoms with Crippen LogP contribution < -0.4 is 5.73 Å². The second-order valence-electron chi connectivity index (χ2n) is 3.85. The van der Waals surface area contributed by atoms with Crippen LogP contribution in [0, 0.1) is 0 Å². The first-order valence-corrected chi connectivity index (χ1v) is 5.53. The van der Waals surface area contributed by atoms with E-state index in [2.05, 4.69) is 0 Å². The van der Waals surface area contributed by atoms with E-state index in [1.54, 1.807) is 6.92 Å². The van der Waals surface area contributed by atoms with Crippen molar-refractivity contribution in [3.05, 3.63) is 16.7 Å². The summed E-state index contributed by atoms with van der Waals surface area (Å²) in [6.45, 7) is 3.60. The molecule has 0 heterocycles. The van der Waals surface area contributed by atoms with Crippen molar-refractivity contribution in [1.82, 2.24) is 0 Å². The molecule has 17 heavy (non-hydrogen) atoms. The third-order valence-corrected chi connectivity index (χ3v) is 2.75. The third kappa shape index (κ3) is 2.13. The number of rotatable bonds is 4. The molecule has 0 aliphatic carbocycles. The van der Waals surface area contributed by atoms with Crippen LogP contribution in [0.4, 0.5) is 5.69 Å². The van der Waals surface area contributed by atoms with Crippen molar-refractivity contribution in [3.8, 4) is 11.5 Å². The molecule has 0 atom stereocenters. The van der Waals surface area contributed by atoms with Gasteiger partial charge in [0.1, 0.15) is 17.2 Å². The summed E-state index contributed by atoms with van der Waals surface area (Å²) in [5.74, 6) is -1.81. The van der Waals surface area contributed by atoms with Gasteiger partial charge < -0.3 is 21.1 Å². The largest absolute Gasteiger partial charge is 0.505 e. The predicted octanol–water partition coefficient (Wildman–Crippen LogP) is 1.89. The average molecular weight is 239 g/mol. The van der Waals surface area contributed by atoms with Crippen LogP contribution >= 0.6 is 0 Å². The molecule has 94 valence electrons. The molecule has 0 radical (unpaired) electrons. The first-order valence-electron chi connectivity index (χ1n) is 5.53. The monoisotopic (exact) mass is 239 g/mol. The van der Waals surface area contributed by atoms with E-state index in [0.717, 1.165) is 0 Å². The van der Waals surface area contributed by atoms with Crippen molar-refractivity contribution in [3.63, 3.8) is 0 Å². The zero-order chi connectivity index (χ0) is 13.2. The second-order valence-corrected chi connectivity index (χ2v) is 3.85. The van der Waals surface area contributed by atoms with Gasteiger partial charge in [-0.15, -0.1) is 0 Å².